The number of benzene rings is 2. The van der Waals surface area contributed by atoms with Crippen LogP contribution in [0.4, 0.5) is 23.1 Å². The summed E-state index contributed by atoms with van der Waals surface area (Å²) < 4.78 is 18.1. The molecule has 2 aromatic heterocycles. The van der Waals surface area contributed by atoms with Gasteiger partial charge in [0.1, 0.15) is 17.3 Å². The highest BCUT2D eigenvalue weighted by Gasteiger charge is 2.19. The fourth-order valence-electron chi connectivity index (χ4n) is 3.84. The average Bonchev–Trinajstić information content (AvgIpc) is 3.45. The second-order valence-corrected chi connectivity index (χ2v) is 7.95. The van der Waals surface area contributed by atoms with Gasteiger partial charge in [-0.3, -0.25) is 4.57 Å². The molecule has 0 atom stereocenters. The molecule has 2 aromatic carbocycles. The number of rotatable bonds is 5. The summed E-state index contributed by atoms with van der Waals surface area (Å²) in [5.41, 5.74) is 16.6. The van der Waals surface area contributed by atoms with E-state index < -0.39 is 0 Å². The van der Waals surface area contributed by atoms with Crippen LogP contribution < -0.4 is 26.3 Å². The van der Waals surface area contributed by atoms with Crippen molar-refractivity contribution in [2.75, 3.05) is 31.0 Å². The molecule has 0 saturated heterocycles. The van der Waals surface area contributed by atoms with Crippen LogP contribution in [0, 0.1) is 0 Å². The zero-order valence-corrected chi connectivity index (χ0v) is 19.9. The molecule has 0 fully saturated rings. The molecule has 5 N–H and O–H groups in total. The van der Waals surface area contributed by atoms with Crippen molar-refractivity contribution in [2.24, 2.45) is 0 Å². The maximum atomic E-state index is 6.49. The van der Waals surface area contributed by atoms with Crippen molar-refractivity contribution < 1.29 is 14.2 Å². The summed E-state index contributed by atoms with van der Waals surface area (Å²) in [6.07, 6.45) is 3.12. The van der Waals surface area contributed by atoms with Gasteiger partial charge in [0.05, 0.1) is 43.9 Å². The summed E-state index contributed by atoms with van der Waals surface area (Å²) in [6.45, 7) is 5.50. The van der Waals surface area contributed by atoms with Gasteiger partial charge in [-0.15, -0.1) is 10.2 Å². The lowest BCUT2D eigenvalue weighted by Crippen LogP contribution is -2.03. The molecule has 0 unspecified atom stereocenters. The third-order valence-corrected chi connectivity index (χ3v) is 5.44. The number of fused-ring (bicyclic) bond motifs is 2. The molecule has 4 aromatic rings. The quantitative estimate of drug-likeness (QED) is 0.387. The second kappa shape index (κ2) is 9.88. The predicted octanol–water partition coefficient (Wildman–Crippen LogP) is 4.79. The number of hydrogen-bond donors (Lipinski definition) is 3. The molecule has 0 aliphatic carbocycles. The van der Waals surface area contributed by atoms with Gasteiger partial charge in [0.25, 0.3) is 0 Å². The van der Waals surface area contributed by atoms with Gasteiger partial charge < -0.3 is 31.0 Å². The highest BCUT2D eigenvalue weighted by Crippen LogP contribution is 2.38. The fraction of sp³-hybridized carbons (Fsp3) is 0.280. The lowest BCUT2D eigenvalue weighted by Gasteiger charge is -2.12. The number of nitrogens with two attached hydrogens (primary N) is 2. The van der Waals surface area contributed by atoms with E-state index in [0.29, 0.717) is 41.7 Å². The van der Waals surface area contributed by atoms with Crippen LogP contribution in [0.3, 0.4) is 0 Å². The van der Waals surface area contributed by atoms with Gasteiger partial charge in [-0.2, -0.15) is 0 Å². The van der Waals surface area contributed by atoms with Gasteiger partial charge in [0.2, 0.25) is 0 Å². The first-order valence-electron chi connectivity index (χ1n) is 11.1. The summed E-state index contributed by atoms with van der Waals surface area (Å²) >= 11 is 0. The summed E-state index contributed by atoms with van der Waals surface area (Å²) in [7, 11) is 3.20. The number of nitrogens with one attached hydrogen (secondary N) is 1. The number of methoxy groups -OCH3 is 2. The predicted molar refractivity (Wildman–Crippen MR) is 135 cm³/mol. The highest BCUT2D eigenvalue weighted by molar-refractivity contribution is 6.06. The molecular formula is C25H30N6O3. The molecule has 1 aliphatic rings. The molecule has 0 radical (unpaired) electrons. The molecule has 3 heterocycles. The highest BCUT2D eigenvalue weighted by atomic mass is 16.5. The Morgan fingerprint density at radius 3 is 2.50 bits per heavy atom. The Balaban J connectivity index is 0.000000868. The van der Waals surface area contributed by atoms with E-state index in [1.54, 1.807) is 20.3 Å². The minimum Gasteiger partial charge on any atom is -0.497 e. The zero-order valence-electron chi connectivity index (χ0n) is 19.9. The van der Waals surface area contributed by atoms with Crippen LogP contribution in [0.1, 0.15) is 31.4 Å². The van der Waals surface area contributed by atoms with Crippen LogP contribution in [-0.2, 0) is 18.0 Å². The molecule has 0 amide bonds. The Labute approximate surface area is 198 Å². The van der Waals surface area contributed by atoms with Crippen molar-refractivity contribution in [3.63, 3.8) is 0 Å². The van der Waals surface area contributed by atoms with Crippen LogP contribution in [0.2, 0.25) is 0 Å². The van der Waals surface area contributed by atoms with Crippen LogP contribution in [0.5, 0.6) is 11.5 Å². The van der Waals surface area contributed by atoms with E-state index in [1.165, 1.54) is 12.0 Å². The maximum Gasteiger partial charge on any atom is 0.162 e. The zero-order chi connectivity index (χ0) is 24.2. The number of anilines is 4. The van der Waals surface area contributed by atoms with E-state index in [-0.39, 0.29) is 5.82 Å². The molecule has 5 rings (SSSR count). The summed E-state index contributed by atoms with van der Waals surface area (Å²) in [5, 5.41) is 13.1. The molecule has 0 saturated carbocycles. The summed E-state index contributed by atoms with van der Waals surface area (Å²) in [4.78, 5) is 0. The van der Waals surface area contributed by atoms with Gasteiger partial charge in [-0.25, -0.2) is 0 Å². The molecule has 9 heteroatoms. The monoisotopic (exact) mass is 462 g/mol. The molecule has 1 aliphatic heterocycles. The van der Waals surface area contributed by atoms with Crippen molar-refractivity contribution in [2.45, 2.75) is 33.5 Å². The molecule has 0 bridgehead atoms. The van der Waals surface area contributed by atoms with Crippen LogP contribution in [0.15, 0.2) is 42.6 Å². The van der Waals surface area contributed by atoms with Crippen molar-refractivity contribution in [1.29, 1.82) is 0 Å². The Hall–Kier alpha value is -3.98. The standard InChI is InChI=1S/C22H22N6O3.C3H8/c1-29-15-5-6-17(18(8-15)30-2)28-9-16-19(21(28)24)20(23)26-27-22(16)25-14-4-3-12-10-31-11-13(12)7-14;1-3-2/h3-9H,10-11,24H2,1-2H3,(H2,23,26)(H,25,27);3H2,1-2H3. The average molecular weight is 463 g/mol. The van der Waals surface area contributed by atoms with Crippen LogP contribution >= 0.6 is 0 Å². The van der Waals surface area contributed by atoms with E-state index in [1.807, 2.05) is 35.0 Å². The van der Waals surface area contributed by atoms with Gasteiger partial charge in [-0.1, -0.05) is 26.3 Å². The third-order valence-electron chi connectivity index (χ3n) is 5.44. The number of aromatic nitrogens is 3. The first-order chi connectivity index (χ1) is 16.5. The van der Waals surface area contributed by atoms with E-state index in [4.69, 9.17) is 25.7 Å². The van der Waals surface area contributed by atoms with E-state index in [0.717, 1.165) is 22.3 Å². The number of hydrogen-bond acceptors (Lipinski definition) is 8. The molecule has 178 valence electrons. The third kappa shape index (κ3) is 4.29. The molecule has 9 nitrogen and oxygen atoms in total. The second-order valence-electron chi connectivity index (χ2n) is 7.95. The SMILES string of the molecule is CCC.COc1ccc(-n2cc3c(Nc4ccc5c(c4)COC5)nnc(N)c3c2N)c(OC)c1. The Morgan fingerprint density at radius 1 is 1.00 bits per heavy atom. The topological polar surface area (TPSA) is 122 Å². The van der Waals surface area contributed by atoms with Crippen molar-refractivity contribution in [1.82, 2.24) is 14.8 Å². The summed E-state index contributed by atoms with van der Waals surface area (Å²) in [5.74, 6) is 2.55. The van der Waals surface area contributed by atoms with Gasteiger partial charge in [0.15, 0.2) is 11.6 Å². The maximum absolute atomic E-state index is 6.49. The summed E-state index contributed by atoms with van der Waals surface area (Å²) in [6, 6.07) is 11.6. The Morgan fingerprint density at radius 2 is 1.76 bits per heavy atom. The van der Waals surface area contributed by atoms with Crippen LogP contribution in [-0.4, -0.2) is 29.0 Å². The smallest absolute Gasteiger partial charge is 0.162 e. The molecule has 0 spiro atoms. The van der Waals surface area contributed by atoms with Gasteiger partial charge >= 0.3 is 0 Å². The van der Waals surface area contributed by atoms with E-state index >= 15 is 0 Å². The van der Waals surface area contributed by atoms with Crippen LogP contribution in [0.25, 0.3) is 16.5 Å². The minimum atomic E-state index is 0.256. The normalized spacial score (nSPS) is 12.1. The van der Waals surface area contributed by atoms with E-state index in [9.17, 15) is 0 Å². The first-order valence-corrected chi connectivity index (χ1v) is 11.1. The number of nitrogens with zero attached hydrogens (tertiary/aromatic N) is 3. The fourth-order valence-corrected chi connectivity index (χ4v) is 3.84. The lowest BCUT2D eigenvalue weighted by molar-refractivity contribution is 0.134. The molecular weight excluding hydrogens is 432 g/mol. The number of ether oxygens (including phenoxy) is 3. The molecule has 34 heavy (non-hydrogen) atoms. The van der Waals surface area contributed by atoms with E-state index in [2.05, 4.69) is 35.4 Å². The van der Waals surface area contributed by atoms with Crippen molar-refractivity contribution in [3.8, 4) is 17.2 Å². The lowest BCUT2D eigenvalue weighted by atomic mass is 10.1. The van der Waals surface area contributed by atoms with Crippen molar-refractivity contribution in [3.05, 3.63) is 53.7 Å². The van der Waals surface area contributed by atoms with Gasteiger partial charge in [-0.05, 0) is 35.4 Å². The van der Waals surface area contributed by atoms with Gasteiger partial charge in [0, 0.05) is 18.0 Å². The largest absolute Gasteiger partial charge is 0.497 e. The first kappa shape index (κ1) is 23.2. The Bertz CT molecular complexity index is 1320. The number of nitrogen functional groups attached to an aromatic ring is 2. The Kier molecular flexibility index (Phi) is 6.74. The minimum absolute atomic E-state index is 0.256. The van der Waals surface area contributed by atoms with Crippen molar-refractivity contribution >= 4 is 33.9 Å².